The van der Waals surface area contributed by atoms with E-state index < -0.39 is 12.1 Å². The fourth-order valence-corrected chi connectivity index (χ4v) is 4.57. The average Bonchev–Trinajstić information content (AvgIpc) is 3.04. The maximum absolute atomic E-state index is 12.8. The molecule has 0 bridgehead atoms. The second kappa shape index (κ2) is 9.48. The molecule has 0 unspecified atom stereocenters. The predicted molar refractivity (Wildman–Crippen MR) is 112 cm³/mol. The van der Waals surface area contributed by atoms with Crippen molar-refractivity contribution in [3.05, 3.63) is 46.8 Å². The number of esters is 1. The van der Waals surface area contributed by atoms with Gasteiger partial charge < -0.3 is 14.2 Å². The van der Waals surface area contributed by atoms with E-state index in [1.165, 1.54) is 11.8 Å². The molecular formula is C22H28N2O4S. The van der Waals surface area contributed by atoms with Crippen LogP contribution in [0.2, 0.25) is 0 Å². The lowest BCUT2D eigenvalue weighted by molar-refractivity contribution is -0.141. The van der Waals surface area contributed by atoms with Crippen LogP contribution in [-0.2, 0) is 15.3 Å². The summed E-state index contributed by atoms with van der Waals surface area (Å²) in [6, 6.07) is 7.31. The smallest absolute Gasteiger partial charge is 0.340 e. The van der Waals surface area contributed by atoms with Crippen molar-refractivity contribution in [3.63, 3.8) is 0 Å². The van der Waals surface area contributed by atoms with Crippen LogP contribution in [0.3, 0.4) is 0 Å². The number of piperidine rings is 1. The molecule has 1 aliphatic rings. The quantitative estimate of drug-likeness (QED) is 0.514. The van der Waals surface area contributed by atoms with Crippen molar-refractivity contribution >= 4 is 23.6 Å². The number of thioether (sulfide) groups is 1. The van der Waals surface area contributed by atoms with Gasteiger partial charge in [-0.25, -0.2) is 4.79 Å². The zero-order valence-corrected chi connectivity index (χ0v) is 18.3. The van der Waals surface area contributed by atoms with Gasteiger partial charge in [0.25, 0.3) is 5.91 Å². The molecule has 0 aliphatic carbocycles. The van der Waals surface area contributed by atoms with Crippen molar-refractivity contribution in [1.82, 2.24) is 10.1 Å². The summed E-state index contributed by atoms with van der Waals surface area (Å²) in [5.74, 6) is 1.47. The van der Waals surface area contributed by atoms with Crippen molar-refractivity contribution in [2.45, 2.75) is 57.3 Å². The van der Waals surface area contributed by atoms with Crippen LogP contribution < -0.4 is 0 Å². The second-order valence-electron chi connectivity index (χ2n) is 7.64. The highest BCUT2D eigenvalue weighted by atomic mass is 32.2. The van der Waals surface area contributed by atoms with Gasteiger partial charge >= 0.3 is 5.97 Å². The highest BCUT2D eigenvalue weighted by Crippen LogP contribution is 2.29. The number of aryl methyl sites for hydroxylation is 2. The van der Waals surface area contributed by atoms with E-state index >= 15 is 0 Å². The third kappa shape index (κ3) is 5.21. The molecule has 1 aromatic carbocycles. The first-order chi connectivity index (χ1) is 13.9. The molecule has 7 heteroatoms. The summed E-state index contributed by atoms with van der Waals surface area (Å²) in [5.41, 5.74) is 2.35. The van der Waals surface area contributed by atoms with Crippen LogP contribution in [0.5, 0.6) is 0 Å². The second-order valence-corrected chi connectivity index (χ2v) is 8.66. The Morgan fingerprint density at radius 2 is 1.97 bits per heavy atom. The van der Waals surface area contributed by atoms with Crippen LogP contribution in [-0.4, -0.2) is 41.1 Å². The van der Waals surface area contributed by atoms with Gasteiger partial charge in [-0.15, -0.1) is 11.8 Å². The lowest BCUT2D eigenvalue weighted by atomic mass is 9.99. The van der Waals surface area contributed by atoms with Crippen LogP contribution >= 0.6 is 11.8 Å². The number of benzene rings is 1. The van der Waals surface area contributed by atoms with Crippen LogP contribution in [0.4, 0.5) is 0 Å². The summed E-state index contributed by atoms with van der Waals surface area (Å²) < 4.78 is 10.7. The lowest BCUT2D eigenvalue weighted by Gasteiger charge is -2.31. The van der Waals surface area contributed by atoms with E-state index in [0.717, 1.165) is 47.8 Å². The molecule has 0 N–H and O–H groups in total. The molecule has 6 nitrogen and oxygen atoms in total. The predicted octanol–water partition coefficient (Wildman–Crippen LogP) is 4.39. The van der Waals surface area contributed by atoms with Crippen LogP contribution in [0.1, 0.15) is 54.1 Å². The zero-order chi connectivity index (χ0) is 21.0. The molecule has 1 atom stereocenters. The van der Waals surface area contributed by atoms with E-state index in [0.29, 0.717) is 17.2 Å². The lowest BCUT2D eigenvalue weighted by Crippen LogP contribution is -2.44. The van der Waals surface area contributed by atoms with Crippen molar-refractivity contribution < 1.29 is 18.8 Å². The first-order valence-electron chi connectivity index (χ1n) is 10.00. The number of likely N-dealkylation sites (tertiary alicyclic amines) is 1. The van der Waals surface area contributed by atoms with Gasteiger partial charge in [-0.05, 0) is 51.7 Å². The molecule has 0 spiro atoms. The van der Waals surface area contributed by atoms with Gasteiger partial charge in [0, 0.05) is 29.3 Å². The van der Waals surface area contributed by atoms with E-state index in [2.05, 4.69) is 12.1 Å². The zero-order valence-electron chi connectivity index (χ0n) is 17.4. The number of carbonyl (C=O) groups excluding carboxylic acids is 2. The fourth-order valence-electron chi connectivity index (χ4n) is 3.38. The summed E-state index contributed by atoms with van der Waals surface area (Å²) in [7, 11) is 0. The number of aromatic nitrogens is 1. The van der Waals surface area contributed by atoms with Crippen molar-refractivity contribution in [1.29, 1.82) is 0 Å². The molecule has 0 saturated carbocycles. The Morgan fingerprint density at radius 1 is 1.28 bits per heavy atom. The molecular weight excluding hydrogens is 388 g/mol. The highest BCUT2D eigenvalue weighted by Gasteiger charge is 2.27. The third-order valence-corrected chi connectivity index (χ3v) is 6.49. The van der Waals surface area contributed by atoms with E-state index in [4.69, 9.17) is 9.26 Å². The Bertz CT molecular complexity index is 852. The van der Waals surface area contributed by atoms with Crippen LogP contribution in [0.15, 0.2) is 33.7 Å². The summed E-state index contributed by atoms with van der Waals surface area (Å²) >= 11 is 1.53. The van der Waals surface area contributed by atoms with Crippen molar-refractivity contribution in [2.24, 2.45) is 5.92 Å². The van der Waals surface area contributed by atoms with Gasteiger partial charge in [0.15, 0.2) is 6.10 Å². The number of hydrogen-bond acceptors (Lipinski definition) is 6. The average molecular weight is 417 g/mol. The number of ether oxygens (including phenoxy) is 1. The summed E-state index contributed by atoms with van der Waals surface area (Å²) in [4.78, 5) is 28.0. The third-order valence-electron chi connectivity index (χ3n) is 5.39. The molecule has 1 amide bonds. The molecule has 2 aromatic rings. The van der Waals surface area contributed by atoms with Gasteiger partial charge in [0.1, 0.15) is 5.76 Å². The van der Waals surface area contributed by atoms with Crippen molar-refractivity contribution in [3.8, 4) is 0 Å². The van der Waals surface area contributed by atoms with Gasteiger partial charge in [0.2, 0.25) is 0 Å². The number of carbonyl (C=O) groups is 2. The molecule has 29 heavy (non-hydrogen) atoms. The summed E-state index contributed by atoms with van der Waals surface area (Å²) in [6.45, 7) is 9.09. The van der Waals surface area contributed by atoms with E-state index in [1.807, 2.05) is 26.0 Å². The van der Waals surface area contributed by atoms with Crippen LogP contribution in [0, 0.1) is 19.8 Å². The molecule has 1 fully saturated rings. The molecule has 1 saturated heterocycles. The number of nitrogens with zero attached hydrogens (tertiary/aromatic N) is 2. The van der Waals surface area contributed by atoms with E-state index in [1.54, 1.807) is 24.0 Å². The SMILES string of the molecule is Cc1noc(C)c1CSc1ccccc1C(=O)O[C@H](C)C(=O)N1CCC(C)CC1. The van der Waals surface area contributed by atoms with Gasteiger partial charge in [0.05, 0.1) is 11.3 Å². The topological polar surface area (TPSA) is 72.6 Å². The molecule has 2 heterocycles. The number of amides is 1. The molecule has 0 radical (unpaired) electrons. The normalized spacial score (nSPS) is 15.9. The maximum Gasteiger partial charge on any atom is 0.340 e. The number of hydrogen-bond donors (Lipinski definition) is 0. The Balaban J connectivity index is 1.64. The van der Waals surface area contributed by atoms with Gasteiger partial charge in [-0.2, -0.15) is 0 Å². The first kappa shape index (κ1) is 21.4. The highest BCUT2D eigenvalue weighted by molar-refractivity contribution is 7.98. The standard InChI is InChI=1S/C22H28N2O4S/c1-14-9-11-24(12-10-14)21(25)17(4)27-22(26)18-7-5-6-8-20(18)29-13-19-15(2)23-28-16(19)3/h5-8,14,17H,9-13H2,1-4H3/t17-/m1/s1. The Labute approximate surface area is 176 Å². The first-order valence-corrected chi connectivity index (χ1v) is 11.0. The van der Waals surface area contributed by atoms with Gasteiger partial charge in [-0.3, -0.25) is 4.79 Å². The molecule has 156 valence electrons. The molecule has 1 aliphatic heterocycles. The monoisotopic (exact) mass is 416 g/mol. The summed E-state index contributed by atoms with van der Waals surface area (Å²) in [6.07, 6.45) is 1.19. The Morgan fingerprint density at radius 3 is 2.62 bits per heavy atom. The minimum Gasteiger partial charge on any atom is -0.449 e. The number of rotatable bonds is 6. The molecule has 3 rings (SSSR count). The minimum absolute atomic E-state index is 0.119. The maximum atomic E-state index is 12.8. The molecule has 1 aromatic heterocycles. The Kier molecular flexibility index (Phi) is 7.00. The summed E-state index contributed by atoms with van der Waals surface area (Å²) in [5, 5.41) is 3.97. The largest absolute Gasteiger partial charge is 0.449 e. The van der Waals surface area contributed by atoms with E-state index in [9.17, 15) is 9.59 Å². The van der Waals surface area contributed by atoms with Crippen LogP contribution in [0.25, 0.3) is 0 Å². The minimum atomic E-state index is -0.795. The van der Waals surface area contributed by atoms with Crippen molar-refractivity contribution in [2.75, 3.05) is 13.1 Å². The Hall–Kier alpha value is -2.28. The fraction of sp³-hybridized carbons (Fsp3) is 0.500. The van der Waals surface area contributed by atoms with E-state index in [-0.39, 0.29) is 5.91 Å². The van der Waals surface area contributed by atoms with Gasteiger partial charge in [-0.1, -0.05) is 24.2 Å².